The summed E-state index contributed by atoms with van der Waals surface area (Å²) in [4.78, 5) is 16.5. The van der Waals surface area contributed by atoms with E-state index in [0.717, 1.165) is 12.2 Å². The van der Waals surface area contributed by atoms with Gasteiger partial charge < -0.3 is 10.1 Å². The van der Waals surface area contributed by atoms with Gasteiger partial charge in [-0.3, -0.25) is 4.79 Å². The van der Waals surface area contributed by atoms with E-state index < -0.39 is 0 Å². The number of amides is 1. The summed E-state index contributed by atoms with van der Waals surface area (Å²) in [7, 11) is 0. The summed E-state index contributed by atoms with van der Waals surface area (Å²) in [6.45, 7) is 2.32. The lowest BCUT2D eigenvalue weighted by atomic mass is 10.2. The van der Waals surface area contributed by atoms with E-state index in [1.165, 1.54) is 16.4 Å². The van der Waals surface area contributed by atoms with Crippen molar-refractivity contribution in [3.05, 3.63) is 66.0 Å². The number of hydrogen-bond acceptors (Lipinski definition) is 5. The molecule has 0 fully saturated rings. The van der Waals surface area contributed by atoms with E-state index in [4.69, 9.17) is 4.74 Å². The Bertz CT molecular complexity index is 943. The van der Waals surface area contributed by atoms with Crippen LogP contribution in [-0.4, -0.2) is 27.3 Å². The van der Waals surface area contributed by atoms with Gasteiger partial charge in [-0.25, -0.2) is 4.98 Å². The second-order valence-corrected chi connectivity index (χ2v) is 5.76. The number of carbonyl (C=O) groups is 1. The van der Waals surface area contributed by atoms with Gasteiger partial charge in [0.2, 0.25) is 5.91 Å². The molecule has 0 unspecified atom stereocenters. The fraction of sp³-hybridized carbons (Fsp3) is 0.200. The number of ether oxygens (including phenoxy) is 1. The van der Waals surface area contributed by atoms with Crippen LogP contribution in [0, 0.1) is 11.3 Å². The fourth-order valence-corrected chi connectivity index (χ4v) is 2.48. The fourth-order valence-electron chi connectivity index (χ4n) is 2.48. The molecule has 0 aliphatic rings. The van der Waals surface area contributed by atoms with Crippen molar-refractivity contribution in [1.29, 1.82) is 5.26 Å². The Morgan fingerprint density at radius 3 is 2.74 bits per heavy atom. The number of rotatable bonds is 7. The van der Waals surface area contributed by atoms with Gasteiger partial charge >= 0.3 is 0 Å². The van der Waals surface area contributed by atoms with Crippen LogP contribution < -0.4 is 10.1 Å². The first kappa shape index (κ1) is 18.1. The first-order valence-corrected chi connectivity index (χ1v) is 8.62. The molecule has 2 aromatic heterocycles. The highest BCUT2D eigenvalue weighted by molar-refractivity contribution is 5.91. The average molecular weight is 361 g/mol. The van der Waals surface area contributed by atoms with E-state index in [0.29, 0.717) is 11.6 Å². The Kier molecular flexibility index (Phi) is 5.80. The summed E-state index contributed by atoms with van der Waals surface area (Å²) in [5, 5.41) is 16.1. The molecule has 3 aromatic rings. The smallest absolute Gasteiger partial charge is 0.228 e. The number of hydrogen-bond donors (Lipinski definition) is 1. The first-order valence-electron chi connectivity index (χ1n) is 8.62. The molecular weight excluding hydrogens is 342 g/mol. The molecule has 1 amide bonds. The Morgan fingerprint density at radius 1 is 1.26 bits per heavy atom. The number of carbonyl (C=O) groups excluding carboxylic acids is 1. The van der Waals surface area contributed by atoms with Gasteiger partial charge in [0.25, 0.3) is 0 Å². The molecule has 0 aliphatic carbocycles. The van der Waals surface area contributed by atoms with E-state index in [1.807, 2.05) is 30.3 Å². The zero-order chi connectivity index (χ0) is 19.1. The highest BCUT2D eigenvalue weighted by atomic mass is 16.5. The average Bonchev–Trinajstić information content (AvgIpc) is 3.11. The lowest BCUT2D eigenvalue weighted by molar-refractivity contribution is -0.116. The summed E-state index contributed by atoms with van der Waals surface area (Å²) >= 11 is 0. The topological polar surface area (TPSA) is 92.8 Å². The van der Waals surface area contributed by atoms with Crippen LogP contribution in [0.2, 0.25) is 0 Å². The number of nitrogens with zero attached hydrogens (tertiary/aromatic N) is 4. The number of anilines is 1. The maximum absolute atomic E-state index is 12.3. The zero-order valence-electron chi connectivity index (χ0n) is 14.9. The molecule has 136 valence electrons. The van der Waals surface area contributed by atoms with Crippen LogP contribution in [0.1, 0.15) is 24.5 Å². The molecule has 1 aromatic carbocycles. The minimum absolute atomic E-state index is 0.147. The number of nitriles is 1. The summed E-state index contributed by atoms with van der Waals surface area (Å²) < 4.78 is 7.04. The number of benzene rings is 1. The molecule has 7 heteroatoms. The van der Waals surface area contributed by atoms with Crippen LogP contribution in [0.4, 0.5) is 5.82 Å². The zero-order valence-corrected chi connectivity index (χ0v) is 14.9. The molecule has 3 rings (SSSR count). The summed E-state index contributed by atoms with van der Waals surface area (Å²) in [5.41, 5.74) is 1.50. The molecule has 0 bridgehead atoms. The molecule has 0 atom stereocenters. The van der Waals surface area contributed by atoms with Crippen LogP contribution >= 0.6 is 0 Å². The highest BCUT2D eigenvalue weighted by Crippen LogP contribution is 2.18. The Balaban J connectivity index is 1.62. The van der Waals surface area contributed by atoms with Crippen molar-refractivity contribution in [3.63, 3.8) is 0 Å². The Labute approximate surface area is 157 Å². The molecule has 0 spiro atoms. The minimum atomic E-state index is -0.269. The van der Waals surface area contributed by atoms with Gasteiger partial charge in [0.15, 0.2) is 11.6 Å². The second kappa shape index (κ2) is 8.63. The molecule has 0 saturated carbocycles. The van der Waals surface area contributed by atoms with E-state index in [9.17, 15) is 10.1 Å². The first-order chi connectivity index (χ1) is 13.2. The quantitative estimate of drug-likeness (QED) is 0.698. The molecule has 2 heterocycles. The number of pyridine rings is 1. The van der Waals surface area contributed by atoms with Crippen molar-refractivity contribution < 1.29 is 9.53 Å². The molecule has 7 nitrogen and oxygen atoms in total. The van der Waals surface area contributed by atoms with E-state index >= 15 is 0 Å². The van der Waals surface area contributed by atoms with Gasteiger partial charge in [0, 0.05) is 6.20 Å². The molecule has 0 radical (unpaired) electrons. The molecule has 0 saturated heterocycles. The predicted octanol–water partition coefficient (Wildman–Crippen LogP) is 3.11. The third-order valence-electron chi connectivity index (χ3n) is 3.94. The third-order valence-corrected chi connectivity index (χ3v) is 3.94. The second-order valence-electron chi connectivity index (χ2n) is 5.76. The van der Waals surface area contributed by atoms with Gasteiger partial charge in [-0.05, 0) is 36.2 Å². The van der Waals surface area contributed by atoms with E-state index in [2.05, 4.69) is 22.3 Å². The lowest BCUT2D eigenvalue weighted by Crippen LogP contribution is -2.18. The SMILES string of the molecule is CCc1ccc(OCCC(=O)Nc2c(C#N)cnn2-c2ccccn2)cc1. The van der Waals surface area contributed by atoms with Crippen LogP contribution in [0.15, 0.2) is 54.9 Å². The van der Waals surface area contributed by atoms with Crippen molar-refractivity contribution in [2.75, 3.05) is 11.9 Å². The lowest BCUT2D eigenvalue weighted by Gasteiger charge is -2.10. The highest BCUT2D eigenvalue weighted by Gasteiger charge is 2.15. The normalized spacial score (nSPS) is 10.2. The maximum Gasteiger partial charge on any atom is 0.228 e. The largest absolute Gasteiger partial charge is 0.493 e. The van der Waals surface area contributed by atoms with E-state index in [-0.39, 0.29) is 24.5 Å². The van der Waals surface area contributed by atoms with Crippen molar-refractivity contribution in [1.82, 2.24) is 14.8 Å². The van der Waals surface area contributed by atoms with Gasteiger partial charge in [-0.15, -0.1) is 0 Å². The van der Waals surface area contributed by atoms with Crippen LogP contribution in [0.5, 0.6) is 5.75 Å². The third kappa shape index (κ3) is 4.50. The van der Waals surface area contributed by atoms with E-state index in [1.54, 1.807) is 24.4 Å². The monoisotopic (exact) mass is 361 g/mol. The Morgan fingerprint density at radius 2 is 2.07 bits per heavy atom. The number of aryl methyl sites for hydroxylation is 1. The number of aromatic nitrogens is 3. The summed E-state index contributed by atoms with van der Waals surface area (Å²) in [6, 6.07) is 15.1. The van der Waals surface area contributed by atoms with Crippen molar-refractivity contribution >= 4 is 11.7 Å². The van der Waals surface area contributed by atoms with Crippen LogP contribution in [-0.2, 0) is 11.2 Å². The van der Waals surface area contributed by atoms with Crippen molar-refractivity contribution in [2.45, 2.75) is 19.8 Å². The van der Waals surface area contributed by atoms with Gasteiger partial charge in [0.1, 0.15) is 17.4 Å². The minimum Gasteiger partial charge on any atom is -0.493 e. The number of nitrogens with one attached hydrogen (secondary N) is 1. The molecule has 1 N–H and O–H groups in total. The standard InChI is InChI=1S/C20H19N5O2/c1-2-15-6-8-17(9-7-15)27-12-10-19(26)24-20-16(13-21)14-23-25(20)18-5-3-4-11-22-18/h3-9,11,14H,2,10,12H2,1H3,(H,24,26). The van der Waals surface area contributed by atoms with Gasteiger partial charge in [0.05, 0.1) is 19.2 Å². The summed E-state index contributed by atoms with van der Waals surface area (Å²) in [5.74, 6) is 1.26. The molecule has 0 aliphatic heterocycles. The van der Waals surface area contributed by atoms with Gasteiger partial charge in [-0.1, -0.05) is 25.1 Å². The Hall–Kier alpha value is -3.66. The maximum atomic E-state index is 12.3. The van der Waals surface area contributed by atoms with Crippen molar-refractivity contribution in [2.24, 2.45) is 0 Å². The van der Waals surface area contributed by atoms with Crippen LogP contribution in [0.3, 0.4) is 0 Å². The van der Waals surface area contributed by atoms with Crippen molar-refractivity contribution in [3.8, 4) is 17.6 Å². The molecular formula is C20H19N5O2. The molecule has 27 heavy (non-hydrogen) atoms. The van der Waals surface area contributed by atoms with Gasteiger partial charge in [-0.2, -0.15) is 15.0 Å². The predicted molar refractivity (Wildman–Crippen MR) is 101 cm³/mol. The van der Waals surface area contributed by atoms with Crippen LogP contribution in [0.25, 0.3) is 5.82 Å². The summed E-state index contributed by atoms with van der Waals surface area (Å²) in [6.07, 6.45) is 4.13.